The summed E-state index contributed by atoms with van der Waals surface area (Å²) in [6, 6.07) is 0. The Balaban J connectivity index is 1.77. The fourth-order valence-corrected chi connectivity index (χ4v) is 3.47. The topological polar surface area (TPSA) is 80.0 Å². The minimum absolute atomic E-state index is 0.227. The van der Waals surface area contributed by atoms with Crippen molar-refractivity contribution in [2.45, 2.75) is 25.4 Å². The number of nitrogens with two attached hydrogens (primary N) is 1. The van der Waals surface area contributed by atoms with E-state index in [2.05, 4.69) is 32.6 Å². The fourth-order valence-electron chi connectivity index (χ4n) is 2.05. The zero-order chi connectivity index (χ0) is 14.7. The number of nitrogens with zero attached hydrogens (tertiary/aromatic N) is 4. The molecule has 0 amide bonds. The number of hydrogen-bond acceptors (Lipinski definition) is 8. The van der Waals surface area contributed by atoms with E-state index < -0.39 is 0 Å². The molecular weight excluding hydrogens is 304 g/mol. The van der Waals surface area contributed by atoms with Crippen molar-refractivity contribution in [3.8, 4) is 0 Å². The highest BCUT2D eigenvalue weighted by atomic mass is 32.1. The maximum atomic E-state index is 5.64. The summed E-state index contributed by atoms with van der Waals surface area (Å²) in [5, 5.41) is 7.23. The summed E-state index contributed by atoms with van der Waals surface area (Å²) < 4.78 is 4.50. The standard InChI is InChI=1S/C13H18N6S2/c1-13(3-5-16-13)11-17-12(21-18-11)19(7-2-4-14)9-10-15-6-8-20-10/h3,5-6,8,16H,2,4,7,9,14H2,1H3. The molecule has 2 aromatic heterocycles. The molecule has 21 heavy (non-hydrogen) atoms. The zero-order valence-electron chi connectivity index (χ0n) is 11.8. The Morgan fingerprint density at radius 2 is 2.33 bits per heavy atom. The number of nitrogens with one attached hydrogen (secondary N) is 1. The predicted molar refractivity (Wildman–Crippen MR) is 86.4 cm³/mol. The van der Waals surface area contributed by atoms with E-state index in [4.69, 9.17) is 10.7 Å². The molecule has 3 heterocycles. The maximum absolute atomic E-state index is 5.64. The molecule has 0 fully saturated rings. The molecular formula is C13H18N6S2. The van der Waals surface area contributed by atoms with E-state index in [1.165, 1.54) is 11.5 Å². The van der Waals surface area contributed by atoms with Crippen LogP contribution in [0.4, 0.5) is 5.13 Å². The summed E-state index contributed by atoms with van der Waals surface area (Å²) in [5.74, 6) is 0.821. The molecule has 1 aliphatic heterocycles. The SMILES string of the molecule is CC1(c2nsc(N(CCCN)Cc3nccs3)n2)C=CN1. The highest BCUT2D eigenvalue weighted by molar-refractivity contribution is 7.10. The first kappa shape index (κ1) is 14.4. The first-order valence-electron chi connectivity index (χ1n) is 6.84. The third kappa shape index (κ3) is 3.07. The normalized spacial score (nSPS) is 20.1. The van der Waals surface area contributed by atoms with Gasteiger partial charge in [0.2, 0.25) is 5.13 Å². The molecule has 0 saturated heterocycles. The summed E-state index contributed by atoms with van der Waals surface area (Å²) in [4.78, 5) is 11.3. The smallest absolute Gasteiger partial charge is 0.205 e. The van der Waals surface area contributed by atoms with Gasteiger partial charge in [0, 0.05) is 29.7 Å². The summed E-state index contributed by atoms with van der Waals surface area (Å²) in [5.41, 5.74) is 5.42. The largest absolute Gasteiger partial charge is 0.376 e. The Labute approximate surface area is 131 Å². The van der Waals surface area contributed by atoms with Gasteiger partial charge in [0.05, 0.1) is 6.54 Å². The van der Waals surface area contributed by atoms with Crippen LogP contribution < -0.4 is 16.0 Å². The van der Waals surface area contributed by atoms with E-state index in [1.807, 2.05) is 17.8 Å². The lowest BCUT2D eigenvalue weighted by Crippen LogP contribution is -2.42. The average molecular weight is 322 g/mol. The molecule has 112 valence electrons. The van der Waals surface area contributed by atoms with E-state index in [9.17, 15) is 0 Å². The Bertz CT molecular complexity index is 608. The lowest BCUT2D eigenvalue weighted by atomic mass is 9.97. The second kappa shape index (κ2) is 6.08. The molecule has 1 aliphatic rings. The Morgan fingerprint density at radius 1 is 1.48 bits per heavy atom. The Hall–Kier alpha value is -1.51. The molecule has 2 aromatic rings. The number of thiazole rings is 1. The van der Waals surface area contributed by atoms with Gasteiger partial charge < -0.3 is 16.0 Å². The summed E-state index contributed by atoms with van der Waals surface area (Å²) in [7, 11) is 0. The van der Waals surface area contributed by atoms with Gasteiger partial charge in [-0.05, 0) is 32.2 Å². The number of anilines is 1. The zero-order valence-corrected chi connectivity index (χ0v) is 13.5. The first-order valence-corrected chi connectivity index (χ1v) is 8.49. The lowest BCUT2D eigenvalue weighted by Gasteiger charge is -2.30. The second-order valence-electron chi connectivity index (χ2n) is 5.07. The molecule has 8 heteroatoms. The molecule has 0 aromatic carbocycles. The van der Waals surface area contributed by atoms with Gasteiger partial charge in [-0.25, -0.2) is 9.97 Å². The van der Waals surface area contributed by atoms with Crippen molar-refractivity contribution in [2.75, 3.05) is 18.0 Å². The maximum Gasteiger partial charge on any atom is 0.205 e. The quantitative estimate of drug-likeness (QED) is 0.807. The van der Waals surface area contributed by atoms with Crippen LogP contribution in [0.25, 0.3) is 0 Å². The molecule has 3 N–H and O–H groups in total. The third-order valence-electron chi connectivity index (χ3n) is 3.39. The van der Waals surface area contributed by atoms with Gasteiger partial charge in [-0.2, -0.15) is 4.37 Å². The van der Waals surface area contributed by atoms with Gasteiger partial charge in [-0.3, -0.25) is 0 Å². The van der Waals surface area contributed by atoms with Crippen molar-refractivity contribution in [2.24, 2.45) is 5.73 Å². The van der Waals surface area contributed by atoms with Crippen LogP contribution in [0.5, 0.6) is 0 Å². The predicted octanol–water partition coefficient (Wildman–Crippen LogP) is 1.68. The molecule has 3 rings (SSSR count). The van der Waals surface area contributed by atoms with Crippen LogP contribution in [-0.2, 0) is 12.1 Å². The highest BCUT2D eigenvalue weighted by Gasteiger charge is 2.32. The van der Waals surface area contributed by atoms with Crippen LogP contribution in [0, 0.1) is 0 Å². The van der Waals surface area contributed by atoms with Crippen molar-refractivity contribution in [1.82, 2.24) is 19.7 Å². The Morgan fingerprint density at radius 3 is 2.95 bits per heavy atom. The van der Waals surface area contributed by atoms with Crippen LogP contribution in [0.15, 0.2) is 23.9 Å². The first-order chi connectivity index (χ1) is 10.2. The van der Waals surface area contributed by atoms with Crippen molar-refractivity contribution >= 4 is 28.0 Å². The van der Waals surface area contributed by atoms with Crippen molar-refractivity contribution in [3.63, 3.8) is 0 Å². The van der Waals surface area contributed by atoms with Crippen LogP contribution in [0.3, 0.4) is 0 Å². The van der Waals surface area contributed by atoms with Crippen LogP contribution in [0.1, 0.15) is 24.2 Å². The van der Waals surface area contributed by atoms with Gasteiger partial charge in [-0.1, -0.05) is 0 Å². The molecule has 6 nitrogen and oxygen atoms in total. The van der Waals surface area contributed by atoms with Crippen molar-refractivity contribution in [1.29, 1.82) is 0 Å². The lowest BCUT2D eigenvalue weighted by molar-refractivity contribution is 0.451. The van der Waals surface area contributed by atoms with E-state index >= 15 is 0 Å². The minimum atomic E-state index is -0.227. The molecule has 0 bridgehead atoms. The molecule has 0 radical (unpaired) electrons. The van der Waals surface area contributed by atoms with Gasteiger partial charge in [0.25, 0.3) is 0 Å². The summed E-state index contributed by atoms with van der Waals surface area (Å²) in [6.07, 6.45) is 6.75. The Kier molecular flexibility index (Phi) is 4.18. The fraction of sp³-hybridized carbons (Fsp3) is 0.462. The van der Waals surface area contributed by atoms with Crippen LogP contribution in [0.2, 0.25) is 0 Å². The van der Waals surface area contributed by atoms with E-state index in [1.54, 1.807) is 11.3 Å². The summed E-state index contributed by atoms with van der Waals surface area (Å²) >= 11 is 3.09. The molecule has 0 spiro atoms. The second-order valence-corrected chi connectivity index (χ2v) is 6.78. The van der Waals surface area contributed by atoms with Gasteiger partial charge in [0.1, 0.15) is 10.5 Å². The minimum Gasteiger partial charge on any atom is -0.376 e. The number of hydrogen-bond donors (Lipinski definition) is 2. The van der Waals surface area contributed by atoms with Gasteiger partial charge in [-0.15, -0.1) is 11.3 Å². The van der Waals surface area contributed by atoms with E-state index in [0.29, 0.717) is 6.54 Å². The van der Waals surface area contributed by atoms with Crippen LogP contribution >= 0.6 is 22.9 Å². The number of rotatable bonds is 7. The highest BCUT2D eigenvalue weighted by Crippen LogP contribution is 2.29. The van der Waals surface area contributed by atoms with Gasteiger partial charge in [0.15, 0.2) is 5.82 Å². The third-order valence-corrected chi connectivity index (χ3v) is 4.93. The molecule has 1 unspecified atom stereocenters. The van der Waals surface area contributed by atoms with Crippen molar-refractivity contribution < 1.29 is 0 Å². The summed E-state index contributed by atoms with van der Waals surface area (Å²) in [6.45, 7) is 4.36. The molecule has 1 atom stereocenters. The van der Waals surface area contributed by atoms with E-state index in [0.717, 1.165) is 35.5 Å². The van der Waals surface area contributed by atoms with E-state index in [-0.39, 0.29) is 5.54 Å². The van der Waals surface area contributed by atoms with Gasteiger partial charge >= 0.3 is 0 Å². The molecule has 0 saturated carbocycles. The monoisotopic (exact) mass is 322 g/mol. The number of aromatic nitrogens is 3. The molecule has 0 aliphatic carbocycles. The van der Waals surface area contributed by atoms with Crippen LogP contribution in [-0.4, -0.2) is 27.4 Å². The average Bonchev–Trinajstić information content (AvgIpc) is 3.12. The van der Waals surface area contributed by atoms with Crippen molar-refractivity contribution in [3.05, 3.63) is 34.7 Å².